The summed E-state index contributed by atoms with van der Waals surface area (Å²) in [5.74, 6) is -0.317. The fourth-order valence-corrected chi connectivity index (χ4v) is 3.43. The highest BCUT2D eigenvalue weighted by atomic mass is 32.1. The Balaban J connectivity index is 1.40. The van der Waals surface area contributed by atoms with Gasteiger partial charge in [0.15, 0.2) is 0 Å². The molecule has 0 saturated carbocycles. The zero-order chi connectivity index (χ0) is 17.5. The number of rotatable bonds is 7. The fourth-order valence-electron chi connectivity index (χ4n) is 2.70. The lowest BCUT2D eigenvalue weighted by molar-refractivity contribution is -0.121. The number of amides is 1. The number of hydrogen-bond donors (Lipinski definition) is 1. The van der Waals surface area contributed by atoms with Gasteiger partial charge in [-0.25, -0.2) is 9.37 Å². The summed E-state index contributed by atoms with van der Waals surface area (Å²) in [6, 6.07) is 6.36. The van der Waals surface area contributed by atoms with Crippen LogP contribution >= 0.6 is 11.3 Å². The summed E-state index contributed by atoms with van der Waals surface area (Å²) in [5, 5.41) is 5.83. The second-order valence-electron chi connectivity index (χ2n) is 6.03. The Bertz CT molecular complexity index is 701. The topological polar surface area (TPSA) is 54.5 Å². The van der Waals surface area contributed by atoms with Crippen LogP contribution in [0.15, 0.2) is 29.6 Å². The molecule has 1 aromatic carbocycles. The van der Waals surface area contributed by atoms with Crippen LogP contribution in [0, 0.1) is 5.82 Å². The van der Waals surface area contributed by atoms with E-state index in [-0.39, 0.29) is 11.7 Å². The molecule has 0 aliphatic carbocycles. The first-order chi connectivity index (χ1) is 12.2. The fraction of sp³-hybridized carbons (Fsp3) is 0.444. The van der Waals surface area contributed by atoms with E-state index in [1.807, 2.05) is 11.4 Å². The predicted molar refractivity (Wildman–Crippen MR) is 94.8 cm³/mol. The molecule has 1 amide bonds. The van der Waals surface area contributed by atoms with Gasteiger partial charge in [0.05, 0.1) is 25.5 Å². The first kappa shape index (κ1) is 18.0. The minimum Gasteiger partial charge on any atom is -0.379 e. The monoisotopic (exact) mass is 363 g/mol. The first-order valence-corrected chi connectivity index (χ1v) is 9.31. The van der Waals surface area contributed by atoms with Crippen LogP contribution in [-0.4, -0.2) is 42.1 Å². The summed E-state index contributed by atoms with van der Waals surface area (Å²) in [6.07, 6.45) is 0.874. The quantitative estimate of drug-likeness (QED) is 0.821. The zero-order valence-electron chi connectivity index (χ0n) is 14.0. The van der Waals surface area contributed by atoms with Crippen molar-refractivity contribution in [3.05, 3.63) is 51.7 Å². The molecule has 1 aliphatic rings. The molecule has 0 bridgehead atoms. The van der Waals surface area contributed by atoms with Crippen molar-refractivity contribution in [2.24, 2.45) is 0 Å². The van der Waals surface area contributed by atoms with E-state index in [1.54, 1.807) is 17.4 Å². The van der Waals surface area contributed by atoms with Gasteiger partial charge in [-0.1, -0.05) is 12.1 Å². The highest BCUT2D eigenvalue weighted by Crippen LogP contribution is 2.13. The number of carbonyl (C=O) groups is 1. The van der Waals surface area contributed by atoms with E-state index >= 15 is 0 Å². The molecule has 1 aliphatic heterocycles. The average Bonchev–Trinajstić information content (AvgIpc) is 3.06. The van der Waals surface area contributed by atoms with Gasteiger partial charge < -0.3 is 10.1 Å². The lowest BCUT2D eigenvalue weighted by Gasteiger charge is -2.25. The number of hydrogen-bond acceptors (Lipinski definition) is 5. The van der Waals surface area contributed by atoms with E-state index in [1.165, 1.54) is 12.1 Å². The van der Waals surface area contributed by atoms with Crippen LogP contribution in [0.2, 0.25) is 0 Å². The summed E-state index contributed by atoms with van der Waals surface area (Å²) >= 11 is 1.56. The van der Waals surface area contributed by atoms with Crippen molar-refractivity contribution < 1.29 is 13.9 Å². The summed E-state index contributed by atoms with van der Waals surface area (Å²) in [7, 11) is 0. The highest BCUT2D eigenvalue weighted by molar-refractivity contribution is 7.09. The maximum absolute atomic E-state index is 13.1. The largest absolute Gasteiger partial charge is 0.379 e. The molecule has 0 unspecified atom stereocenters. The van der Waals surface area contributed by atoms with Gasteiger partial charge in [0.1, 0.15) is 10.8 Å². The third-order valence-electron chi connectivity index (χ3n) is 4.06. The van der Waals surface area contributed by atoms with Crippen LogP contribution in [0.5, 0.6) is 0 Å². The normalized spacial score (nSPS) is 15.2. The van der Waals surface area contributed by atoms with Crippen molar-refractivity contribution in [1.29, 1.82) is 0 Å². The van der Waals surface area contributed by atoms with Gasteiger partial charge in [-0.3, -0.25) is 9.69 Å². The number of aromatic nitrogens is 1. The Labute approximate surface area is 150 Å². The number of benzene rings is 1. The van der Waals surface area contributed by atoms with Crippen molar-refractivity contribution >= 4 is 17.2 Å². The van der Waals surface area contributed by atoms with Gasteiger partial charge in [-0.2, -0.15) is 0 Å². The summed E-state index contributed by atoms with van der Waals surface area (Å²) in [5.41, 5.74) is 1.87. The Morgan fingerprint density at radius 2 is 2.20 bits per heavy atom. The van der Waals surface area contributed by atoms with Crippen molar-refractivity contribution in [2.75, 3.05) is 26.3 Å². The Morgan fingerprint density at radius 3 is 3.00 bits per heavy atom. The Hall–Kier alpha value is -1.83. The van der Waals surface area contributed by atoms with Crippen molar-refractivity contribution in [2.45, 2.75) is 25.9 Å². The molecule has 1 saturated heterocycles. The number of morpholine rings is 1. The van der Waals surface area contributed by atoms with Crippen LogP contribution in [0.25, 0.3) is 0 Å². The number of carbonyl (C=O) groups excluding carboxylic acids is 1. The molecule has 1 N–H and O–H groups in total. The van der Waals surface area contributed by atoms with Crippen LogP contribution in [-0.2, 0) is 29.0 Å². The lowest BCUT2D eigenvalue weighted by atomic mass is 10.1. The summed E-state index contributed by atoms with van der Waals surface area (Å²) in [6.45, 7) is 4.69. The third kappa shape index (κ3) is 5.88. The third-order valence-corrected chi connectivity index (χ3v) is 4.95. The van der Waals surface area contributed by atoms with Crippen molar-refractivity contribution in [3.63, 3.8) is 0 Å². The second kappa shape index (κ2) is 9.03. The second-order valence-corrected chi connectivity index (χ2v) is 6.97. The molecule has 134 valence electrons. The average molecular weight is 363 g/mol. The van der Waals surface area contributed by atoms with Crippen molar-refractivity contribution in [1.82, 2.24) is 15.2 Å². The van der Waals surface area contributed by atoms with Crippen LogP contribution in [0.4, 0.5) is 4.39 Å². The van der Waals surface area contributed by atoms with Gasteiger partial charge in [-0.15, -0.1) is 11.3 Å². The van der Waals surface area contributed by atoms with E-state index < -0.39 is 0 Å². The molecule has 0 radical (unpaired) electrons. The van der Waals surface area contributed by atoms with Gasteiger partial charge in [-0.05, 0) is 24.1 Å². The number of ether oxygens (including phenoxy) is 1. The minimum absolute atomic E-state index is 0.0470. The SMILES string of the molecule is O=C(CCc1cccc(F)c1)NCc1nc(CN2CCOCC2)cs1. The number of nitrogens with one attached hydrogen (secondary N) is 1. The number of halogens is 1. The molecule has 2 aromatic rings. The van der Waals surface area contributed by atoms with Gasteiger partial charge in [0, 0.05) is 31.4 Å². The van der Waals surface area contributed by atoms with E-state index in [2.05, 4.69) is 15.2 Å². The summed E-state index contributed by atoms with van der Waals surface area (Å²) in [4.78, 5) is 18.8. The molecule has 1 fully saturated rings. The smallest absolute Gasteiger partial charge is 0.220 e. The molecule has 5 nitrogen and oxygen atoms in total. The molecule has 25 heavy (non-hydrogen) atoms. The lowest BCUT2D eigenvalue weighted by Crippen LogP contribution is -2.35. The van der Waals surface area contributed by atoms with E-state index in [0.29, 0.717) is 19.4 Å². The van der Waals surface area contributed by atoms with E-state index in [0.717, 1.165) is 49.1 Å². The van der Waals surface area contributed by atoms with Gasteiger partial charge in [0.25, 0.3) is 0 Å². The van der Waals surface area contributed by atoms with Crippen LogP contribution in [0.1, 0.15) is 22.7 Å². The van der Waals surface area contributed by atoms with Crippen LogP contribution < -0.4 is 5.32 Å². The molecule has 0 atom stereocenters. The zero-order valence-corrected chi connectivity index (χ0v) is 14.9. The van der Waals surface area contributed by atoms with Crippen LogP contribution in [0.3, 0.4) is 0 Å². The molecular weight excluding hydrogens is 341 g/mol. The van der Waals surface area contributed by atoms with Gasteiger partial charge >= 0.3 is 0 Å². The number of thiazole rings is 1. The number of aryl methyl sites for hydroxylation is 1. The molecule has 3 rings (SSSR count). The van der Waals surface area contributed by atoms with Crippen molar-refractivity contribution in [3.8, 4) is 0 Å². The molecular formula is C18H22FN3O2S. The first-order valence-electron chi connectivity index (χ1n) is 8.43. The summed E-state index contributed by atoms with van der Waals surface area (Å²) < 4.78 is 18.5. The standard InChI is InChI=1S/C18H22FN3O2S/c19-15-3-1-2-14(10-15)4-5-17(23)20-11-18-21-16(13-25-18)12-22-6-8-24-9-7-22/h1-3,10,13H,4-9,11-12H2,(H,20,23). The minimum atomic E-state index is -0.270. The Morgan fingerprint density at radius 1 is 1.36 bits per heavy atom. The molecule has 1 aromatic heterocycles. The van der Waals surface area contributed by atoms with E-state index in [9.17, 15) is 9.18 Å². The number of nitrogens with zero attached hydrogens (tertiary/aromatic N) is 2. The van der Waals surface area contributed by atoms with Gasteiger partial charge in [0.2, 0.25) is 5.91 Å². The Kier molecular flexibility index (Phi) is 6.49. The van der Waals surface area contributed by atoms with E-state index in [4.69, 9.17) is 4.74 Å². The molecule has 0 spiro atoms. The molecule has 7 heteroatoms. The maximum atomic E-state index is 13.1. The maximum Gasteiger partial charge on any atom is 0.220 e. The molecule has 2 heterocycles. The predicted octanol–water partition coefficient (Wildman–Crippen LogP) is 2.36. The highest BCUT2D eigenvalue weighted by Gasteiger charge is 2.13.